The van der Waals surface area contributed by atoms with Gasteiger partial charge in [-0.2, -0.15) is 0 Å². The van der Waals surface area contributed by atoms with Gasteiger partial charge in [0.05, 0.1) is 5.56 Å². The molecule has 0 atom stereocenters. The number of benzene rings is 3. The average Bonchev–Trinajstić information content (AvgIpc) is 2.63. The van der Waals surface area contributed by atoms with Gasteiger partial charge in [0.1, 0.15) is 11.6 Å². The SMILES string of the molecule is CCCCCc1ccc(C(=O)Oc2ccc3cc(F)c(F)cc3c2)c(F)c1. The summed E-state index contributed by atoms with van der Waals surface area (Å²) in [5, 5.41) is 0.849. The summed E-state index contributed by atoms with van der Waals surface area (Å²) in [5.41, 5.74) is 0.667. The van der Waals surface area contributed by atoms with Crippen molar-refractivity contribution in [2.24, 2.45) is 0 Å². The van der Waals surface area contributed by atoms with Crippen LogP contribution in [0.25, 0.3) is 10.8 Å². The number of hydrogen-bond acceptors (Lipinski definition) is 2. The Kier molecular flexibility index (Phi) is 5.79. The van der Waals surface area contributed by atoms with Crippen molar-refractivity contribution < 1.29 is 22.7 Å². The van der Waals surface area contributed by atoms with E-state index in [2.05, 4.69) is 6.92 Å². The van der Waals surface area contributed by atoms with Gasteiger partial charge in [-0.15, -0.1) is 0 Å². The second-order valence-electron chi connectivity index (χ2n) is 6.44. The minimum Gasteiger partial charge on any atom is -0.423 e. The maximum atomic E-state index is 14.3. The minimum atomic E-state index is -0.990. The van der Waals surface area contributed by atoms with Crippen LogP contribution in [-0.2, 0) is 6.42 Å². The predicted molar refractivity (Wildman–Crippen MR) is 98.5 cm³/mol. The molecule has 3 aromatic rings. The van der Waals surface area contributed by atoms with Crippen LogP contribution in [0.15, 0.2) is 48.5 Å². The second kappa shape index (κ2) is 8.25. The highest BCUT2D eigenvalue weighted by molar-refractivity contribution is 5.92. The number of carbonyl (C=O) groups is 1. The largest absolute Gasteiger partial charge is 0.423 e. The Morgan fingerprint density at radius 1 is 0.852 bits per heavy atom. The smallest absolute Gasteiger partial charge is 0.346 e. The number of ether oxygens (including phenoxy) is 1. The van der Waals surface area contributed by atoms with Crippen LogP contribution in [-0.4, -0.2) is 5.97 Å². The van der Waals surface area contributed by atoms with Crippen molar-refractivity contribution >= 4 is 16.7 Å². The molecular weight excluding hydrogens is 353 g/mol. The molecule has 0 unspecified atom stereocenters. The van der Waals surface area contributed by atoms with E-state index in [1.54, 1.807) is 6.07 Å². The first-order valence-electron chi connectivity index (χ1n) is 8.87. The van der Waals surface area contributed by atoms with Crippen LogP contribution in [0, 0.1) is 17.5 Å². The molecular formula is C22H19F3O2. The molecule has 5 heteroatoms. The lowest BCUT2D eigenvalue weighted by Gasteiger charge is -2.08. The zero-order valence-corrected chi connectivity index (χ0v) is 14.9. The Hall–Kier alpha value is -2.82. The van der Waals surface area contributed by atoms with Crippen LogP contribution >= 0.6 is 0 Å². The highest BCUT2D eigenvalue weighted by atomic mass is 19.2. The number of aryl methyl sites for hydroxylation is 1. The highest BCUT2D eigenvalue weighted by Gasteiger charge is 2.15. The molecule has 0 aliphatic heterocycles. The molecule has 27 heavy (non-hydrogen) atoms. The van der Waals surface area contributed by atoms with E-state index in [1.807, 2.05) is 0 Å². The van der Waals surface area contributed by atoms with Crippen LogP contribution in [0.4, 0.5) is 13.2 Å². The fourth-order valence-corrected chi connectivity index (χ4v) is 2.90. The van der Waals surface area contributed by atoms with E-state index in [4.69, 9.17) is 4.74 Å². The summed E-state index contributed by atoms with van der Waals surface area (Å²) < 4.78 is 46.1. The number of unbranched alkanes of at least 4 members (excludes halogenated alkanes) is 2. The van der Waals surface area contributed by atoms with Crippen molar-refractivity contribution in [3.05, 3.63) is 77.1 Å². The molecule has 140 valence electrons. The van der Waals surface area contributed by atoms with Gasteiger partial charge in [0.2, 0.25) is 0 Å². The summed E-state index contributed by atoms with van der Waals surface area (Å²) in [6, 6.07) is 10.9. The fraction of sp³-hybridized carbons (Fsp3) is 0.227. The van der Waals surface area contributed by atoms with Crippen molar-refractivity contribution in [2.75, 3.05) is 0 Å². The topological polar surface area (TPSA) is 26.3 Å². The van der Waals surface area contributed by atoms with Crippen molar-refractivity contribution in [3.8, 4) is 5.75 Å². The van der Waals surface area contributed by atoms with Gasteiger partial charge in [-0.3, -0.25) is 0 Å². The standard InChI is InChI=1S/C22H19F3O2/c1-2-3-4-5-14-6-9-18(19(23)10-14)22(26)27-17-8-7-15-12-20(24)21(25)13-16(15)11-17/h6-13H,2-5H2,1H3. The molecule has 0 heterocycles. The monoisotopic (exact) mass is 372 g/mol. The molecule has 0 fully saturated rings. The summed E-state index contributed by atoms with van der Waals surface area (Å²) in [7, 11) is 0. The van der Waals surface area contributed by atoms with Gasteiger partial charge in [-0.25, -0.2) is 18.0 Å². The lowest BCUT2D eigenvalue weighted by atomic mass is 10.0. The molecule has 0 amide bonds. The van der Waals surface area contributed by atoms with Gasteiger partial charge >= 0.3 is 5.97 Å². The number of hydrogen-bond donors (Lipinski definition) is 0. The lowest BCUT2D eigenvalue weighted by molar-refractivity contribution is 0.0730. The van der Waals surface area contributed by atoms with E-state index in [1.165, 1.54) is 30.3 Å². The third-order valence-corrected chi connectivity index (χ3v) is 4.38. The Bertz CT molecular complexity index is 983. The maximum Gasteiger partial charge on any atom is 0.346 e. The zero-order valence-electron chi connectivity index (χ0n) is 14.9. The average molecular weight is 372 g/mol. The van der Waals surface area contributed by atoms with Gasteiger partial charge in [0.25, 0.3) is 0 Å². The third-order valence-electron chi connectivity index (χ3n) is 4.38. The fourth-order valence-electron chi connectivity index (χ4n) is 2.90. The molecule has 0 aromatic heterocycles. The van der Waals surface area contributed by atoms with Crippen LogP contribution in [0.3, 0.4) is 0 Å². The molecule has 0 aliphatic carbocycles. The highest BCUT2D eigenvalue weighted by Crippen LogP contribution is 2.24. The Morgan fingerprint density at radius 3 is 2.30 bits per heavy atom. The van der Waals surface area contributed by atoms with Gasteiger partial charge in [0, 0.05) is 0 Å². The van der Waals surface area contributed by atoms with Crippen molar-refractivity contribution in [2.45, 2.75) is 32.6 Å². The van der Waals surface area contributed by atoms with Gasteiger partial charge in [0.15, 0.2) is 11.6 Å². The van der Waals surface area contributed by atoms with Crippen molar-refractivity contribution in [1.82, 2.24) is 0 Å². The second-order valence-corrected chi connectivity index (χ2v) is 6.44. The maximum absolute atomic E-state index is 14.3. The van der Waals surface area contributed by atoms with Crippen molar-refractivity contribution in [3.63, 3.8) is 0 Å². The van der Waals surface area contributed by atoms with E-state index in [9.17, 15) is 18.0 Å². The summed E-state index contributed by atoms with van der Waals surface area (Å²) in [6.45, 7) is 2.09. The van der Waals surface area contributed by atoms with Crippen molar-refractivity contribution in [1.29, 1.82) is 0 Å². The Balaban J connectivity index is 1.76. The number of halogens is 3. The van der Waals surface area contributed by atoms with Gasteiger partial charge in [-0.1, -0.05) is 31.9 Å². The van der Waals surface area contributed by atoms with Crippen LogP contribution in [0.1, 0.15) is 42.1 Å². The summed E-state index contributed by atoms with van der Waals surface area (Å²) in [6.07, 6.45) is 3.87. The van der Waals surface area contributed by atoms with E-state index in [0.29, 0.717) is 10.8 Å². The molecule has 0 radical (unpaired) electrons. The quantitative estimate of drug-likeness (QED) is 0.292. The molecule has 0 aliphatic rings. The minimum absolute atomic E-state index is 0.130. The van der Waals surface area contributed by atoms with Crippen LogP contribution in [0.2, 0.25) is 0 Å². The first-order valence-corrected chi connectivity index (χ1v) is 8.87. The number of rotatable bonds is 6. The molecule has 3 aromatic carbocycles. The number of esters is 1. The zero-order chi connectivity index (χ0) is 19.4. The normalized spacial score (nSPS) is 11.0. The van der Waals surface area contributed by atoms with E-state index >= 15 is 0 Å². The molecule has 0 spiro atoms. The first kappa shape index (κ1) is 19.0. The van der Waals surface area contributed by atoms with Gasteiger partial charge < -0.3 is 4.74 Å². The molecule has 0 saturated carbocycles. The third kappa shape index (κ3) is 4.48. The summed E-state index contributed by atoms with van der Waals surface area (Å²) in [5.74, 6) is -3.29. The number of fused-ring (bicyclic) bond motifs is 1. The van der Waals surface area contributed by atoms with E-state index in [0.717, 1.165) is 43.4 Å². The molecule has 2 nitrogen and oxygen atoms in total. The molecule has 0 bridgehead atoms. The molecule has 3 rings (SSSR count). The number of carbonyl (C=O) groups excluding carboxylic acids is 1. The Morgan fingerprint density at radius 2 is 1.59 bits per heavy atom. The van der Waals surface area contributed by atoms with Gasteiger partial charge in [-0.05, 0) is 65.6 Å². The summed E-state index contributed by atoms with van der Waals surface area (Å²) >= 11 is 0. The predicted octanol–water partition coefficient (Wildman–Crippen LogP) is 6.21. The molecule has 0 N–H and O–H groups in total. The summed E-state index contributed by atoms with van der Waals surface area (Å²) in [4.78, 5) is 12.3. The van der Waals surface area contributed by atoms with E-state index in [-0.39, 0.29) is 11.3 Å². The molecule has 0 saturated heterocycles. The Labute approximate surface area is 155 Å². The first-order chi connectivity index (χ1) is 13.0. The van der Waals surface area contributed by atoms with Crippen LogP contribution < -0.4 is 4.74 Å². The van der Waals surface area contributed by atoms with E-state index < -0.39 is 23.4 Å². The van der Waals surface area contributed by atoms with Crippen LogP contribution in [0.5, 0.6) is 5.75 Å². The lowest BCUT2D eigenvalue weighted by Crippen LogP contribution is -2.11.